The molecule has 0 spiro atoms. The minimum Gasteiger partial charge on any atom is -0.378 e. The van der Waals surface area contributed by atoms with Crippen molar-refractivity contribution in [1.82, 2.24) is 4.90 Å². The minimum atomic E-state index is 0.162. The second kappa shape index (κ2) is 16.4. The average Bonchev–Trinajstić information content (AvgIpc) is 2.68. The Kier molecular flexibility index (Phi) is 14.9. The highest BCUT2D eigenvalue weighted by Crippen LogP contribution is 2.21. The fourth-order valence-electron chi connectivity index (χ4n) is 4.25. The van der Waals surface area contributed by atoms with E-state index in [1.807, 2.05) is 4.90 Å². The molecule has 1 aliphatic heterocycles. The predicted octanol–water partition coefficient (Wildman–Crippen LogP) is 6.60. The summed E-state index contributed by atoms with van der Waals surface area (Å²) in [6, 6.07) is 0. The van der Waals surface area contributed by atoms with Gasteiger partial charge in [-0.1, -0.05) is 104 Å². The van der Waals surface area contributed by atoms with Crippen LogP contribution in [0.5, 0.6) is 0 Å². The Labute approximate surface area is 169 Å². The summed E-state index contributed by atoms with van der Waals surface area (Å²) in [4.78, 5) is 14.5. The molecule has 1 rings (SSSR count). The molecule has 2 unspecified atom stereocenters. The normalized spacial score (nSPS) is 17.1. The fraction of sp³-hybridized carbons (Fsp3) is 0.958. The van der Waals surface area contributed by atoms with Crippen molar-refractivity contribution < 1.29 is 9.53 Å². The van der Waals surface area contributed by atoms with Crippen LogP contribution in [0.15, 0.2) is 0 Å². The monoisotopic (exact) mass is 381 g/mol. The summed E-state index contributed by atoms with van der Waals surface area (Å²) in [5.41, 5.74) is 0. The summed E-state index contributed by atoms with van der Waals surface area (Å²) in [7, 11) is 0. The van der Waals surface area contributed by atoms with Crippen molar-refractivity contribution in [2.45, 2.75) is 111 Å². The number of carbonyl (C=O) groups excluding carboxylic acids is 1. The summed E-state index contributed by atoms with van der Waals surface area (Å²) < 4.78 is 5.34. The third kappa shape index (κ3) is 12.5. The van der Waals surface area contributed by atoms with E-state index < -0.39 is 0 Å². The van der Waals surface area contributed by atoms with Crippen LogP contribution in [0.3, 0.4) is 0 Å². The van der Waals surface area contributed by atoms with Crippen molar-refractivity contribution in [3.05, 3.63) is 0 Å². The molecule has 27 heavy (non-hydrogen) atoms. The van der Waals surface area contributed by atoms with Crippen molar-refractivity contribution in [2.75, 3.05) is 26.3 Å². The highest BCUT2D eigenvalue weighted by atomic mass is 16.5. The van der Waals surface area contributed by atoms with Crippen LogP contribution >= 0.6 is 0 Å². The van der Waals surface area contributed by atoms with E-state index in [1.165, 1.54) is 83.5 Å². The lowest BCUT2D eigenvalue weighted by Crippen LogP contribution is -2.43. The van der Waals surface area contributed by atoms with E-state index in [2.05, 4.69) is 20.8 Å². The van der Waals surface area contributed by atoms with E-state index in [0.717, 1.165) is 19.5 Å². The lowest BCUT2D eigenvalue weighted by atomic mass is 9.91. The number of rotatable bonds is 16. The largest absolute Gasteiger partial charge is 0.378 e. The number of nitrogens with zero attached hydrogens (tertiary/aromatic N) is 1. The van der Waals surface area contributed by atoms with Gasteiger partial charge in [0, 0.05) is 19.0 Å². The Morgan fingerprint density at radius 3 is 1.81 bits per heavy atom. The quantitative estimate of drug-likeness (QED) is 0.282. The summed E-state index contributed by atoms with van der Waals surface area (Å²) in [5.74, 6) is 1.16. The van der Waals surface area contributed by atoms with Crippen LogP contribution in [-0.2, 0) is 9.53 Å². The summed E-state index contributed by atoms with van der Waals surface area (Å²) in [6.07, 6.45) is 19.2. The number of hydrogen-bond acceptors (Lipinski definition) is 2. The van der Waals surface area contributed by atoms with Crippen molar-refractivity contribution in [2.24, 2.45) is 11.8 Å². The van der Waals surface area contributed by atoms with E-state index in [1.54, 1.807) is 0 Å². The van der Waals surface area contributed by atoms with Crippen LogP contribution < -0.4 is 0 Å². The maximum absolute atomic E-state index is 12.5. The van der Waals surface area contributed by atoms with Crippen molar-refractivity contribution in [1.29, 1.82) is 0 Å². The fourth-order valence-corrected chi connectivity index (χ4v) is 4.25. The molecule has 0 N–H and O–H groups in total. The Bertz CT molecular complexity index is 352. The molecular weight excluding hydrogens is 334 g/mol. The number of morpholine rings is 1. The molecule has 160 valence electrons. The van der Waals surface area contributed by atoms with E-state index >= 15 is 0 Å². The van der Waals surface area contributed by atoms with Gasteiger partial charge in [0.1, 0.15) is 0 Å². The molecule has 1 fully saturated rings. The molecule has 0 radical (unpaired) electrons. The van der Waals surface area contributed by atoms with Crippen LogP contribution in [0.2, 0.25) is 0 Å². The molecule has 0 aromatic rings. The van der Waals surface area contributed by atoms with Crippen molar-refractivity contribution in [3.63, 3.8) is 0 Å². The van der Waals surface area contributed by atoms with Gasteiger partial charge in [0.25, 0.3) is 0 Å². The first-order valence-corrected chi connectivity index (χ1v) is 12.0. The molecule has 1 aliphatic rings. The Morgan fingerprint density at radius 1 is 0.815 bits per heavy atom. The van der Waals surface area contributed by atoms with Gasteiger partial charge in [0.15, 0.2) is 0 Å². The van der Waals surface area contributed by atoms with Crippen molar-refractivity contribution >= 4 is 5.91 Å². The molecule has 3 nitrogen and oxygen atoms in total. The van der Waals surface area contributed by atoms with Gasteiger partial charge in [-0.3, -0.25) is 4.79 Å². The third-order valence-corrected chi connectivity index (χ3v) is 6.05. The zero-order valence-corrected chi connectivity index (χ0v) is 18.6. The van der Waals surface area contributed by atoms with Gasteiger partial charge in [-0.05, 0) is 12.3 Å². The predicted molar refractivity (Wildman–Crippen MR) is 116 cm³/mol. The molecule has 0 aromatic carbocycles. The van der Waals surface area contributed by atoms with Crippen molar-refractivity contribution in [3.8, 4) is 0 Å². The molecule has 0 saturated carbocycles. The summed E-state index contributed by atoms with van der Waals surface area (Å²) in [5, 5.41) is 0. The zero-order valence-electron chi connectivity index (χ0n) is 18.6. The lowest BCUT2D eigenvalue weighted by molar-refractivity contribution is -0.139. The van der Waals surface area contributed by atoms with E-state index in [9.17, 15) is 4.79 Å². The summed E-state index contributed by atoms with van der Waals surface area (Å²) in [6.45, 7) is 9.66. The standard InChI is InChI=1S/C24H47NO2/c1-4-5-6-7-8-9-10-11-12-13-14-15-16-22(2)21-23(3)24(26)25-17-19-27-20-18-25/h22-23H,4-21H2,1-3H3. The SMILES string of the molecule is CCCCCCCCCCCCCCC(C)CC(C)C(=O)N1CCOCC1. The first kappa shape index (κ1) is 24.5. The number of ether oxygens (including phenoxy) is 1. The highest BCUT2D eigenvalue weighted by molar-refractivity contribution is 5.78. The molecular formula is C24H47NO2. The highest BCUT2D eigenvalue weighted by Gasteiger charge is 2.23. The Hall–Kier alpha value is -0.570. The van der Waals surface area contributed by atoms with Crippen LogP contribution in [0, 0.1) is 11.8 Å². The van der Waals surface area contributed by atoms with Gasteiger partial charge >= 0.3 is 0 Å². The first-order chi connectivity index (χ1) is 13.1. The van der Waals surface area contributed by atoms with Crippen LogP contribution in [0.1, 0.15) is 111 Å². The van der Waals surface area contributed by atoms with E-state index in [0.29, 0.717) is 25.0 Å². The number of unbranched alkanes of at least 4 members (excludes halogenated alkanes) is 11. The van der Waals surface area contributed by atoms with Gasteiger partial charge in [-0.15, -0.1) is 0 Å². The molecule has 0 bridgehead atoms. The van der Waals surface area contributed by atoms with Gasteiger partial charge < -0.3 is 9.64 Å². The van der Waals surface area contributed by atoms with Gasteiger partial charge in [-0.25, -0.2) is 0 Å². The summed E-state index contributed by atoms with van der Waals surface area (Å²) >= 11 is 0. The van der Waals surface area contributed by atoms with Gasteiger partial charge in [-0.2, -0.15) is 0 Å². The van der Waals surface area contributed by atoms with Crippen LogP contribution in [-0.4, -0.2) is 37.1 Å². The smallest absolute Gasteiger partial charge is 0.225 e. The number of carbonyl (C=O) groups is 1. The zero-order chi connectivity index (χ0) is 19.7. The first-order valence-electron chi connectivity index (χ1n) is 12.0. The topological polar surface area (TPSA) is 29.5 Å². The van der Waals surface area contributed by atoms with Crippen LogP contribution in [0.25, 0.3) is 0 Å². The Morgan fingerprint density at radius 2 is 1.30 bits per heavy atom. The Balaban J connectivity index is 1.91. The molecule has 2 atom stereocenters. The van der Waals surface area contributed by atoms with Gasteiger partial charge in [0.2, 0.25) is 5.91 Å². The van der Waals surface area contributed by atoms with E-state index in [4.69, 9.17) is 4.74 Å². The molecule has 0 aromatic heterocycles. The second-order valence-electron chi connectivity index (χ2n) is 8.86. The van der Waals surface area contributed by atoms with E-state index in [-0.39, 0.29) is 5.92 Å². The lowest BCUT2D eigenvalue weighted by Gasteiger charge is -2.30. The van der Waals surface area contributed by atoms with Gasteiger partial charge in [0.05, 0.1) is 13.2 Å². The molecule has 1 amide bonds. The van der Waals surface area contributed by atoms with Crippen LogP contribution in [0.4, 0.5) is 0 Å². The maximum atomic E-state index is 12.5. The maximum Gasteiger partial charge on any atom is 0.225 e. The molecule has 1 saturated heterocycles. The minimum absolute atomic E-state index is 0.162. The molecule has 3 heteroatoms. The second-order valence-corrected chi connectivity index (χ2v) is 8.86. The average molecular weight is 382 g/mol. The third-order valence-electron chi connectivity index (χ3n) is 6.05. The molecule has 0 aliphatic carbocycles. The number of hydrogen-bond donors (Lipinski definition) is 0. The number of amides is 1. The molecule has 1 heterocycles.